The zero-order chi connectivity index (χ0) is 90.2. The van der Waals surface area contributed by atoms with Gasteiger partial charge in [0.1, 0.15) is 43.5 Å². The van der Waals surface area contributed by atoms with Crippen LogP contribution in [0.1, 0.15) is 246 Å². The average Bonchev–Trinajstić information content (AvgIpc) is 1.65. The number of para-hydroxylation sites is 2. The van der Waals surface area contributed by atoms with Gasteiger partial charge in [-0.25, -0.2) is 14.6 Å². The Hall–Kier alpha value is -8.48. The summed E-state index contributed by atoms with van der Waals surface area (Å²) >= 11 is 1.16. The van der Waals surface area contributed by atoms with Gasteiger partial charge >= 0.3 is 29.8 Å². The number of benzene rings is 4. The number of ketones is 2. The number of fused-ring (bicyclic) bond motifs is 1. The summed E-state index contributed by atoms with van der Waals surface area (Å²) in [6.07, 6.45) is 4.94. The van der Waals surface area contributed by atoms with E-state index in [-0.39, 0.29) is 95.7 Å². The van der Waals surface area contributed by atoms with Gasteiger partial charge in [0.2, 0.25) is 5.78 Å². The summed E-state index contributed by atoms with van der Waals surface area (Å²) in [5.41, 5.74) is 6.08. The lowest BCUT2D eigenvalue weighted by Gasteiger charge is -2.23. The number of anilines is 1. The first-order valence-corrected chi connectivity index (χ1v) is 41.5. The summed E-state index contributed by atoms with van der Waals surface area (Å²) in [6, 6.07) is 30.3. The number of nitrogens with one attached hydrogen (secondary N) is 2. The number of aromatic carboxylic acids is 1. The molecule has 2 heterocycles. The van der Waals surface area contributed by atoms with Gasteiger partial charge in [0.25, 0.3) is 0 Å². The van der Waals surface area contributed by atoms with Crippen LogP contribution in [0.2, 0.25) is 0 Å². The number of thiazole rings is 1. The lowest BCUT2D eigenvalue weighted by atomic mass is 9.84. The van der Waals surface area contributed by atoms with Crippen LogP contribution in [0.25, 0.3) is 10.9 Å². The van der Waals surface area contributed by atoms with E-state index in [1.165, 1.54) is 35.9 Å². The Bertz CT molecular complexity index is 3690. The fourth-order valence-electron chi connectivity index (χ4n) is 7.07. The summed E-state index contributed by atoms with van der Waals surface area (Å²) in [7, 11) is 12.1. The van der Waals surface area contributed by atoms with E-state index in [2.05, 4.69) is 186 Å². The van der Waals surface area contributed by atoms with Crippen molar-refractivity contribution in [2.45, 2.75) is 231 Å². The normalized spacial score (nSPS) is 10.9. The maximum absolute atomic E-state index is 12.9. The van der Waals surface area contributed by atoms with Crippen molar-refractivity contribution in [2.24, 2.45) is 57.1 Å². The largest absolute Gasteiger partial charge is 0.507 e. The highest BCUT2D eigenvalue weighted by Crippen LogP contribution is 2.29. The number of carboxylic acids is 1. The molecule has 0 saturated carbocycles. The number of ether oxygens (including phenoxy) is 6. The van der Waals surface area contributed by atoms with Crippen LogP contribution < -0.4 is 5.32 Å². The SMILES string of the molecule is C=C(C)C(C)C.CC(C)C(=O)OCC[N+](C)(C)C.CC(C)C(C)(C)C.CC(C)CC(=O)CCc1ccccc1N=Nc1ccc(O)c(C(=O)O)c1.CC(C)N(C)C.CC(C)Nc1ccccc1.CCC(C)C.CCOC(=O)C(C)C.COC(C)C.Cc1sc(C(=O)c2c[nH]c3ccccc23)nc1C(=O)OCCOCCOC(=O)C(C)C. The quantitative estimate of drug-likeness (QED) is 0.00620. The smallest absolute Gasteiger partial charge is 0.358 e. The zero-order valence-corrected chi connectivity index (χ0v) is 78.2. The number of hydrogen-bond acceptors (Lipinski definition) is 20. The van der Waals surface area contributed by atoms with E-state index in [1.54, 1.807) is 47.1 Å². The minimum atomic E-state index is -1.23. The molecule has 0 bridgehead atoms. The molecule has 6 aromatic rings. The van der Waals surface area contributed by atoms with Crippen molar-refractivity contribution in [3.05, 3.63) is 148 Å². The number of aryl methyl sites for hydroxylation is 2. The molecule has 2 aromatic heterocycles. The maximum Gasteiger partial charge on any atom is 0.358 e. The van der Waals surface area contributed by atoms with Gasteiger partial charge in [-0.1, -0.05) is 198 Å². The average molecular weight is 1640 g/mol. The fraction of sp³-hybridized carbons (Fsp3) is 0.591. The highest BCUT2D eigenvalue weighted by molar-refractivity contribution is 7.14. The van der Waals surface area contributed by atoms with Crippen molar-refractivity contribution < 1.29 is 76.7 Å². The molecule has 22 nitrogen and oxygen atoms in total. The molecule has 0 spiro atoms. The molecule has 0 aliphatic rings. The van der Waals surface area contributed by atoms with Crippen LogP contribution >= 0.6 is 11.3 Å². The second-order valence-corrected chi connectivity index (χ2v) is 34.3. The number of methoxy groups -OCH3 is 1. The van der Waals surface area contributed by atoms with Crippen molar-refractivity contribution in [1.82, 2.24) is 14.9 Å². The highest BCUT2D eigenvalue weighted by Gasteiger charge is 2.24. The van der Waals surface area contributed by atoms with E-state index in [4.69, 9.17) is 28.8 Å². The van der Waals surface area contributed by atoms with Crippen LogP contribution in [0.3, 0.4) is 0 Å². The number of esters is 4. The Morgan fingerprint density at radius 1 is 0.647 bits per heavy atom. The Kier molecular flexibility index (Phi) is 62.5. The molecule has 0 fully saturated rings. The number of nitrogens with zero attached hydrogens (tertiary/aromatic N) is 5. The number of likely N-dealkylation sites (N-methyl/N-ethyl adjacent to an activating group) is 1. The number of aromatic amines is 1. The topological polar surface area (TPSA) is 284 Å². The van der Waals surface area contributed by atoms with Gasteiger partial charge in [0, 0.05) is 59.7 Å². The summed E-state index contributed by atoms with van der Waals surface area (Å²) < 4.78 is 30.7. The molecule has 0 aliphatic heterocycles. The Labute approximate surface area is 703 Å². The van der Waals surface area contributed by atoms with Gasteiger partial charge in [-0.3, -0.25) is 24.0 Å². The summed E-state index contributed by atoms with van der Waals surface area (Å²) in [6.45, 7) is 61.4. The van der Waals surface area contributed by atoms with Crippen molar-refractivity contribution in [2.75, 3.05) is 93.9 Å². The predicted octanol–water partition coefficient (Wildman–Crippen LogP) is 22.2. The summed E-state index contributed by atoms with van der Waals surface area (Å²) in [5.74, 6) is -0.209. The maximum atomic E-state index is 12.9. The molecule has 656 valence electrons. The zero-order valence-electron chi connectivity index (χ0n) is 77.4. The number of aromatic nitrogens is 2. The molecule has 0 aliphatic carbocycles. The number of carbonyl (C=O) groups is 7. The van der Waals surface area contributed by atoms with Gasteiger partial charge in [-0.05, 0) is 160 Å². The number of phenols is 1. The van der Waals surface area contributed by atoms with Crippen molar-refractivity contribution in [3.63, 3.8) is 0 Å². The Morgan fingerprint density at radius 2 is 1.12 bits per heavy atom. The molecule has 0 radical (unpaired) electrons. The second-order valence-electron chi connectivity index (χ2n) is 33.1. The van der Waals surface area contributed by atoms with Gasteiger partial charge in [0.05, 0.1) is 81.8 Å². The third-order valence-electron chi connectivity index (χ3n) is 16.7. The number of allylic oxidation sites excluding steroid dienone is 1. The minimum Gasteiger partial charge on any atom is -0.507 e. The van der Waals surface area contributed by atoms with Gasteiger partial charge in [-0.15, -0.1) is 11.3 Å². The number of carbonyl (C=O) groups excluding carboxylic acids is 6. The van der Waals surface area contributed by atoms with Crippen LogP contribution in [0.15, 0.2) is 126 Å². The molecular formula is C93H154N7O15S+. The molecular weight excluding hydrogens is 1490 g/mol. The van der Waals surface area contributed by atoms with Crippen LogP contribution in [0, 0.1) is 53.8 Å². The van der Waals surface area contributed by atoms with Gasteiger partial charge < -0.3 is 58.3 Å². The molecule has 0 unspecified atom stereocenters. The number of H-pyrrole nitrogens is 1. The van der Waals surface area contributed by atoms with Crippen LogP contribution in [0.5, 0.6) is 5.75 Å². The summed E-state index contributed by atoms with van der Waals surface area (Å²) in [5, 5.41) is 31.2. The van der Waals surface area contributed by atoms with Gasteiger partial charge in [0.15, 0.2) is 10.7 Å². The van der Waals surface area contributed by atoms with Crippen molar-refractivity contribution in [1.29, 1.82) is 0 Å². The van der Waals surface area contributed by atoms with E-state index in [0.29, 0.717) is 89.7 Å². The third kappa shape index (κ3) is 59.2. The molecule has 4 aromatic carbocycles. The molecule has 116 heavy (non-hydrogen) atoms. The summed E-state index contributed by atoms with van der Waals surface area (Å²) in [4.78, 5) is 91.1. The van der Waals surface area contributed by atoms with E-state index < -0.39 is 11.9 Å². The van der Waals surface area contributed by atoms with E-state index in [1.807, 2.05) is 123 Å². The minimum absolute atomic E-state index is 0.00921. The molecule has 0 atom stereocenters. The first kappa shape index (κ1) is 114. The molecule has 4 N–H and O–H groups in total. The third-order valence-corrected chi connectivity index (χ3v) is 17.7. The van der Waals surface area contributed by atoms with Crippen LogP contribution in [-0.4, -0.2) is 178 Å². The molecule has 0 saturated heterocycles. The number of azo groups is 1. The Morgan fingerprint density at radius 3 is 1.55 bits per heavy atom. The van der Waals surface area contributed by atoms with Crippen molar-refractivity contribution >= 4 is 80.7 Å². The first-order valence-electron chi connectivity index (χ1n) is 40.7. The molecule has 6 rings (SSSR count). The second kappa shape index (κ2) is 63.6. The highest BCUT2D eigenvalue weighted by atomic mass is 32.1. The molecule has 0 amide bonds. The Balaban J connectivity index is -0.000000656. The number of quaternary nitrogens is 1. The van der Waals surface area contributed by atoms with Gasteiger partial charge in [-0.2, -0.15) is 10.2 Å². The van der Waals surface area contributed by atoms with Crippen LogP contribution in [-0.2, 0) is 54.0 Å². The van der Waals surface area contributed by atoms with E-state index in [9.17, 15) is 38.7 Å². The van der Waals surface area contributed by atoms with E-state index >= 15 is 0 Å². The number of hydrogen-bond donors (Lipinski definition) is 4. The standard InChI is InChI=1S/C22H24N2O6S.C20H22N2O4.C9H20NO2.C9H13N.C7H16.C6H12O2.C6H12.C5H13N.C5H12.C4H10O/c1-13(2)21(26)29-10-8-28-9-11-30-22(27)18-14(3)31-20(24-18)19(25)16-12-23-17-7-5-4-6-15(16)17;1-13(2)11-16(23)9-7-14-5-3-4-6-18(14)22-21-15-8-10-19(24)17(12-15)20(25)26;1-8(2)9(11)12-7-6-10(3,4)5;1-8(2)10-9-6-4-3-5-7-9;1-6(2)7(3,4)5;1-4-8-6(7)5(2)3;2*1-5(2)6(3)4;1-4-5(2)3;1-4(2)5-3/h4-7,12-13,23H,8-11H2,1-3H3;3-6,8,10,12-13,24H,7,9,11H2,1-2H3,(H,25,26);8H,6-7H2,1-5H3;3-8,10H,1-2H3;6H,1-5H3;5H,4H2,1-3H3;6H,1H2,2-4H3;5H,1-4H3;5H,4H2,1-3H3;4H,1-3H3/q;;+1;;;;;;;. The number of Topliss-reactive ketones (excluding diaryl/α,β-unsaturated/α-hetero) is 1. The first-order chi connectivity index (χ1) is 53.8. The number of carboxylic acid groups (broad SMARTS) is 1. The predicted molar refractivity (Wildman–Crippen MR) is 479 cm³/mol. The van der Waals surface area contributed by atoms with Crippen LogP contribution in [0.4, 0.5) is 17.1 Å². The monoisotopic (exact) mass is 1640 g/mol. The molecule has 23 heteroatoms. The van der Waals surface area contributed by atoms with E-state index in [0.717, 1.165) is 50.7 Å². The number of rotatable bonds is 30. The van der Waals surface area contributed by atoms with Crippen molar-refractivity contribution in [3.8, 4) is 5.75 Å². The number of aromatic hydroxyl groups is 1. The fourth-order valence-corrected chi connectivity index (χ4v) is 7.93. The lowest BCUT2D eigenvalue weighted by Crippen LogP contribution is -2.38. The lowest BCUT2D eigenvalue weighted by molar-refractivity contribution is -0.870.